The molecule has 0 fully saturated rings. The Morgan fingerprint density at radius 3 is 2.75 bits per heavy atom. The fourth-order valence-corrected chi connectivity index (χ4v) is 2.05. The lowest BCUT2D eigenvalue weighted by Gasteiger charge is -2.13. The van der Waals surface area contributed by atoms with Crippen LogP contribution >= 0.6 is 15.9 Å². The average molecular weight is 340 g/mol. The van der Waals surface area contributed by atoms with Gasteiger partial charge in [-0.05, 0) is 46.1 Å². The van der Waals surface area contributed by atoms with Crippen molar-refractivity contribution in [3.8, 4) is 17.6 Å². The molecule has 0 saturated carbocycles. The van der Waals surface area contributed by atoms with Crippen molar-refractivity contribution in [3.63, 3.8) is 0 Å². The highest BCUT2D eigenvalue weighted by molar-refractivity contribution is 9.10. The van der Waals surface area contributed by atoms with Gasteiger partial charge in [0.05, 0.1) is 18.2 Å². The highest BCUT2D eigenvalue weighted by Crippen LogP contribution is 2.37. The number of nitriles is 1. The second-order valence-corrected chi connectivity index (χ2v) is 4.71. The maximum Gasteiger partial charge on any atom is 0.346 e. The lowest BCUT2D eigenvalue weighted by atomic mass is 10.1. The molecule has 0 unspecified atom stereocenters. The number of hydrogen-bond acceptors (Lipinski definition) is 4. The normalized spacial score (nSPS) is 10.8. The predicted octanol–water partition coefficient (Wildman–Crippen LogP) is 3.24. The highest BCUT2D eigenvalue weighted by Gasteiger charge is 2.12. The van der Waals surface area contributed by atoms with Gasteiger partial charge in [0.1, 0.15) is 11.6 Å². The van der Waals surface area contributed by atoms with Crippen LogP contribution in [-0.4, -0.2) is 24.8 Å². The van der Waals surface area contributed by atoms with Crippen LogP contribution in [0.25, 0.3) is 6.08 Å². The summed E-state index contributed by atoms with van der Waals surface area (Å²) in [7, 11) is 1.50. The van der Waals surface area contributed by atoms with Crippen LogP contribution in [0, 0.1) is 11.3 Å². The van der Waals surface area contributed by atoms with E-state index in [2.05, 4.69) is 15.9 Å². The molecular weight excluding hydrogens is 326 g/mol. The van der Waals surface area contributed by atoms with Crippen LogP contribution in [0.3, 0.4) is 0 Å². The van der Waals surface area contributed by atoms with Crippen molar-refractivity contribution < 1.29 is 19.4 Å². The van der Waals surface area contributed by atoms with Gasteiger partial charge in [-0.2, -0.15) is 5.26 Å². The average Bonchev–Trinajstić information content (AvgIpc) is 2.42. The zero-order valence-corrected chi connectivity index (χ0v) is 12.7. The summed E-state index contributed by atoms with van der Waals surface area (Å²) in [6.07, 6.45) is 2.13. The minimum absolute atomic E-state index is 0.346. The van der Waals surface area contributed by atoms with Gasteiger partial charge in [-0.15, -0.1) is 0 Å². The second kappa shape index (κ2) is 7.56. The summed E-state index contributed by atoms with van der Waals surface area (Å²) < 4.78 is 11.4. The first kappa shape index (κ1) is 16.1. The summed E-state index contributed by atoms with van der Waals surface area (Å²) >= 11 is 3.35. The smallest absolute Gasteiger partial charge is 0.346 e. The van der Waals surface area contributed by atoms with Crippen molar-refractivity contribution in [1.82, 2.24) is 0 Å². The summed E-state index contributed by atoms with van der Waals surface area (Å²) in [5.41, 5.74) is 0.192. The zero-order chi connectivity index (χ0) is 15.1. The summed E-state index contributed by atoms with van der Waals surface area (Å²) in [5, 5.41) is 17.6. The summed E-state index contributed by atoms with van der Waals surface area (Å²) in [4.78, 5) is 10.8. The van der Waals surface area contributed by atoms with E-state index in [4.69, 9.17) is 19.8 Å². The maximum absolute atomic E-state index is 10.8. The van der Waals surface area contributed by atoms with Crippen LogP contribution in [-0.2, 0) is 4.79 Å². The van der Waals surface area contributed by atoms with Gasteiger partial charge in [0, 0.05) is 0 Å². The predicted molar refractivity (Wildman–Crippen MR) is 77.7 cm³/mol. The number of benzene rings is 1. The first-order chi connectivity index (χ1) is 9.53. The summed E-state index contributed by atoms with van der Waals surface area (Å²) in [6, 6.07) is 4.93. The Labute approximate surface area is 125 Å². The molecule has 1 N–H and O–H groups in total. The number of rotatable bonds is 6. The molecule has 0 aliphatic carbocycles. The number of hydrogen-bond donors (Lipinski definition) is 1. The van der Waals surface area contributed by atoms with E-state index in [1.54, 1.807) is 18.2 Å². The standard InChI is InChI=1S/C14H14BrNO4/c1-3-4-20-13-11(15)6-9(7-12(13)19-2)5-10(8-16)14(17)18/h5-7H,3-4H2,1-2H3,(H,17,18). The first-order valence-electron chi connectivity index (χ1n) is 5.88. The van der Waals surface area contributed by atoms with E-state index in [1.165, 1.54) is 13.2 Å². The molecule has 0 atom stereocenters. The quantitative estimate of drug-likeness (QED) is 0.635. The number of ether oxygens (including phenoxy) is 2. The third-order valence-corrected chi connectivity index (χ3v) is 2.95. The number of nitrogens with zero attached hydrogens (tertiary/aromatic N) is 1. The minimum atomic E-state index is -1.27. The molecule has 0 aromatic heterocycles. The zero-order valence-electron chi connectivity index (χ0n) is 11.1. The molecule has 0 heterocycles. The van der Waals surface area contributed by atoms with Gasteiger partial charge >= 0.3 is 5.97 Å². The Kier molecular flexibility index (Phi) is 6.07. The molecule has 106 valence electrons. The Balaban J connectivity index is 3.23. The number of methoxy groups -OCH3 is 1. The van der Waals surface area contributed by atoms with Gasteiger partial charge in [0.2, 0.25) is 0 Å². The van der Waals surface area contributed by atoms with Crippen molar-refractivity contribution >= 4 is 28.0 Å². The van der Waals surface area contributed by atoms with Crippen LogP contribution in [0.4, 0.5) is 0 Å². The third kappa shape index (κ3) is 4.00. The Morgan fingerprint density at radius 1 is 1.55 bits per heavy atom. The van der Waals surface area contributed by atoms with Crippen LogP contribution in [0.5, 0.6) is 11.5 Å². The molecule has 1 rings (SSSR count). The van der Waals surface area contributed by atoms with E-state index in [-0.39, 0.29) is 5.57 Å². The maximum atomic E-state index is 10.8. The SMILES string of the molecule is CCCOc1c(Br)cc(C=C(C#N)C(=O)O)cc1OC. The van der Waals surface area contributed by atoms with Gasteiger partial charge < -0.3 is 14.6 Å². The van der Waals surface area contributed by atoms with Crippen molar-refractivity contribution in [2.75, 3.05) is 13.7 Å². The Morgan fingerprint density at radius 2 is 2.25 bits per heavy atom. The number of aliphatic carboxylic acids is 1. The highest BCUT2D eigenvalue weighted by atomic mass is 79.9. The lowest BCUT2D eigenvalue weighted by molar-refractivity contribution is -0.132. The van der Waals surface area contributed by atoms with Crippen molar-refractivity contribution in [1.29, 1.82) is 5.26 Å². The molecule has 0 bridgehead atoms. The first-order valence-corrected chi connectivity index (χ1v) is 6.68. The van der Waals surface area contributed by atoms with E-state index in [0.717, 1.165) is 6.42 Å². The third-order valence-electron chi connectivity index (χ3n) is 2.36. The molecular formula is C14H14BrNO4. The monoisotopic (exact) mass is 339 g/mol. The van der Waals surface area contributed by atoms with Gasteiger partial charge in [-0.3, -0.25) is 0 Å². The largest absolute Gasteiger partial charge is 0.493 e. The fraction of sp³-hybridized carbons (Fsp3) is 0.286. The molecule has 6 heteroatoms. The van der Waals surface area contributed by atoms with Crippen LogP contribution in [0.2, 0.25) is 0 Å². The van der Waals surface area contributed by atoms with Gasteiger partial charge in [0.25, 0.3) is 0 Å². The molecule has 0 aliphatic heterocycles. The minimum Gasteiger partial charge on any atom is -0.493 e. The summed E-state index contributed by atoms with van der Waals surface area (Å²) in [6.45, 7) is 2.53. The second-order valence-electron chi connectivity index (χ2n) is 3.86. The molecule has 0 spiro atoms. The molecule has 5 nitrogen and oxygen atoms in total. The number of halogens is 1. The van der Waals surface area contributed by atoms with Crippen molar-refractivity contribution in [2.24, 2.45) is 0 Å². The Bertz CT molecular complexity index is 575. The van der Waals surface area contributed by atoms with Crippen LogP contribution < -0.4 is 9.47 Å². The van der Waals surface area contributed by atoms with Crippen molar-refractivity contribution in [3.05, 3.63) is 27.7 Å². The van der Waals surface area contributed by atoms with Gasteiger partial charge in [0.15, 0.2) is 11.5 Å². The number of carboxylic acids is 1. The molecule has 0 saturated heterocycles. The number of carbonyl (C=O) groups is 1. The topological polar surface area (TPSA) is 79.5 Å². The van der Waals surface area contributed by atoms with Crippen LogP contribution in [0.15, 0.2) is 22.2 Å². The van der Waals surface area contributed by atoms with Gasteiger partial charge in [-0.25, -0.2) is 4.79 Å². The van der Waals surface area contributed by atoms with E-state index >= 15 is 0 Å². The lowest BCUT2D eigenvalue weighted by Crippen LogP contribution is -2.00. The summed E-state index contributed by atoms with van der Waals surface area (Å²) in [5.74, 6) is -0.240. The van der Waals surface area contributed by atoms with E-state index < -0.39 is 5.97 Å². The van der Waals surface area contributed by atoms with E-state index in [0.29, 0.717) is 28.1 Å². The number of carboxylic acid groups (broad SMARTS) is 1. The fourth-order valence-electron chi connectivity index (χ4n) is 1.48. The van der Waals surface area contributed by atoms with Gasteiger partial charge in [-0.1, -0.05) is 6.92 Å². The Hall–Kier alpha value is -2.00. The molecule has 1 aromatic carbocycles. The van der Waals surface area contributed by atoms with Crippen LogP contribution in [0.1, 0.15) is 18.9 Å². The molecule has 0 aliphatic rings. The molecule has 20 heavy (non-hydrogen) atoms. The van der Waals surface area contributed by atoms with E-state index in [1.807, 2.05) is 6.92 Å². The van der Waals surface area contributed by atoms with Crippen molar-refractivity contribution in [2.45, 2.75) is 13.3 Å². The molecule has 1 aromatic rings. The molecule has 0 radical (unpaired) electrons. The molecule has 0 amide bonds. The van der Waals surface area contributed by atoms with E-state index in [9.17, 15) is 4.79 Å².